The number of nitrogens with zero attached hydrogens (tertiary/aromatic N) is 1. The fraction of sp³-hybridized carbons (Fsp3) is 0.909. The Kier molecular flexibility index (Phi) is 5.05. The summed E-state index contributed by atoms with van der Waals surface area (Å²) in [6.45, 7) is 0.748. The second kappa shape index (κ2) is 6.08. The molecule has 1 fully saturated rings. The number of amides is 1. The Morgan fingerprint density at radius 3 is 2.47 bits per heavy atom. The van der Waals surface area contributed by atoms with Crippen LogP contribution in [-0.4, -0.2) is 48.7 Å². The maximum atomic E-state index is 11.3. The zero-order chi connectivity index (χ0) is 11.3. The first kappa shape index (κ1) is 12.5. The van der Waals surface area contributed by atoms with E-state index in [2.05, 4.69) is 5.32 Å². The van der Waals surface area contributed by atoms with E-state index < -0.39 is 0 Å². The van der Waals surface area contributed by atoms with Gasteiger partial charge in [-0.3, -0.25) is 4.79 Å². The summed E-state index contributed by atoms with van der Waals surface area (Å²) in [6.07, 6.45) is 4.28. The Bertz CT molecular complexity index is 199. The molecule has 1 amide bonds. The van der Waals surface area contributed by atoms with E-state index in [0.717, 1.165) is 32.2 Å². The van der Waals surface area contributed by atoms with Gasteiger partial charge in [-0.25, -0.2) is 0 Å². The van der Waals surface area contributed by atoms with Gasteiger partial charge in [0.25, 0.3) is 0 Å². The molecule has 4 heteroatoms. The van der Waals surface area contributed by atoms with Crippen LogP contribution < -0.4 is 5.32 Å². The molecule has 15 heavy (non-hydrogen) atoms. The van der Waals surface area contributed by atoms with Crippen molar-refractivity contribution in [3.8, 4) is 0 Å². The van der Waals surface area contributed by atoms with Crippen molar-refractivity contribution in [2.45, 2.75) is 44.2 Å². The molecule has 0 unspecified atom stereocenters. The van der Waals surface area contributed by atoms with Gasteiger partial charge in [-0.15, -0.1) is 0 Å². The van der Waals surface area contributed by atoms with Gasteiger partial charge < -0.3 is 15.3 Å². The number of nitrogens with one attached hydrogen (secondary N) is 1. The van der Waals surface area contributed by atoms with Crippen LogP contribution in [0.2, 0.25) is 0 Å². The van der Waals surface area contributed by atoms with Crippen molar-refractivity contribution in [1.29, 1.82) is 0 Å². The predicted molar refractivity (Wildman–Crippen MR) is 59.6 cm³/mol. The smallest absolute Gasteiger partial charge is 0.223 e. The van der Waals surface area contributed by atoms with E-state index in [1.807, 2.05) is 0 Å². The third-order valence-corrected chi connectivity index (χ3v) is 2.97. The molecule has 4 nitrogen and oxygen atoms in total. The van der Waals surface area contributed by atoms with Crippen LogP contribution in [0.4, 0.5) is 0 Å². The molecule has 0 bridgehead atoms. The quantitative estimate of drug-likeness (QED) is 0.710. The minimum Gasteiger partial charge on any atom is -0.393 e. The molecule has 0 aromatic carbocycles. The van der Waals surface area contributed by atoms with Gasteiger partial charge in [0.05, 0.1) is 6.10 Å². The minimum absolute atomic E-state index is 0.105. The summed E-state index contributed by atoms with van der Waals surface area (Å²) < 4.78 is 0. The third-order valence-electron chi connectivity index (χ3n) is 2.97. The summed E-state index contributed by atoms with van der Waals surface area (Å²) in [5.74, 6) is 0.165. The van der Waals surface area contributed by atoms with E-state index in [-0.39, 0.29) is 12.0 Å². The number of aliphatic hydroxyl groups excluding tert-OH is 1. The maximum Gasteiger partial charge on any atom is 0.223 e. The van der Waals surface area contributed by atoms with Crippen molar-refractivity contribution in [2.75, 3.05) is 20.6 Å². The average molecular weight is 214 g/mol. The largest absolute Gasteiger partial charge is 0.393 e. The second-order valence-electron chi connectivity index (χ2n) is 4.50. The Labute approximate surface area is 91.6 Å². The molecule has 88 valence electrons. The van der Waals surface area contributed by atoms with Gasteiger partial charge in [0, 0.05) is 33.1 Å². The molecular formula is C11H22N2O2. The normalized spacial score (nSPS) is 26.3. The van der Waals surface area contributed by atoms with Crippen LogP contribution >= 0.6 is 0 Å². The monoisotopic (exact) mass is 214 g/mol. The molecule has 2 N–H and O–H groups in total. The first-order valence-corrected chi connectivity index (χ1v) is 5.71. The molecule has 1 saturated carbocycles. The van der Waals surface area contributed by atoms with Gasteiger partial charge in [0.15, 0.2) is 0 Å². The average Bonchev–Trinajstić information content (AvgIpc) is 2.20. The van der Waals surface area contributed by atoms with Crippen molar-refractivity contribution >= 4 is 5.91 Å². The molecule has 0 radical (unpaired) electrons. The summed E-state index contributed by atoms with van der Waals surface area (Å²) in [6, 6.07) is 0.489. The van der Waals surface area contributed by atoms with Gasteiger partial charge in [-0.1, -0.05) is 0 Å². The van der Waals surface area contributed by atoms with Crippen molar-refractivity contribution in [3.63, 3.8) is 0 Å². The molecule has 0 aromatic rings. The standard InChI is InChI=1S/C11H22N2O2/c1-13(2)11(15)7-8-12-9-3-5-10(14)6-4-9/h9-10,12,14H,3-8H2,1-2H3. The number of hydrogen-bond acceptors (Lipinski definition) is 3. The van der Waals surface area contributed by atoms with E-state index in [1.54, 1.807) is 19.0 Å². The highest BCUT2D eigenvalue weighted by atomic mass is 16.3. The van der Waals surface area contributed by atoms with Gasteiger partial charge in [-0.05, 0) is 25.7 Å². The number of hydrogen-bond donors (Lipinski definition) is 2. The fourth-order valence-electron chi connectivity index (χ4n) is 1.89. The summed E-state index contributed by atoms with van der Waals surface area (Å²) >= 11 is 0. The molecule has 1 aliphatic rings. The van der Waals surface area contributed by atoms with Gasteiger partial charge in [-0.2, -0.15) is 0 Å². The second-order valence-corrected chi connectivity index (χ2v) is 4.50. The van der Waals surface area contributed by atoms with Crippen molar-refractivity contribution in [1.82, 2.24) is 10.2 Å². The first-order valence-electron chi connectivity index (χ1n) is 5.71. The summed E-state index contributed by atoms with van der Waals surface area (Å²) in [5.41, 5.74) is 0. The van der Waals surface area contributed by atoms with Gasteiger partial charge >= 0.3 is 0 Å². The number of rotatable bonds is 4. The lowest BCUT2D eigenvalue weighted by Gasteiger charge is -2.26. The van der Waals surface area contributed by atoms with Gasteiger partial charge in [0.2, 0.25) is 5.91 Å². The zero-order valence-corrected chi connectivity index (χ0v) is 9.70. The van der Waals surface area contributed by atoms with Crippen LogP contribution in [-0.2, 0) is 4.79 Å². The van der Waals surface area contributed by atoms with Crippen LogP contribution in [0.5, 0.6) is 0 Å². The molecule has 0 aliphatic heterocycles. The highest BCUT2D eigenvalue weighted by Crippen LogP contribution is 2.17. The Hall–Kier alpha value is -0.610. The zero-order valence-electron chi connectivity index (χ0n) is 9.70. The molecular weight excluding hydrogens is 192 g/mol. The lowest BCUT2D eigenvalue weighted by atomic mass is 9.93. The van der Waals surface area contributed by atoms with Gasteiger partial charge in [0.1, 0.15) is 0 Å². The Morgan fingerprint density at radius 2 is 1.93 bits per heavy atom. The predicted octanol–water partition coefficient (Wildman–Crippen LogP) is 0.358. The molecule has 0 heterocycles. The summed E-state index contributed by atoms with van der Waals surface area (Å²) in [7, 11) is 3.55. The molecule has 0 atom stereocenters. The topological polar surface area (TPSA) is 52.6 Å². The lowest BCUT2D eigenvalue weighted by molar-refractivity contribution is -0.128. The summed E-state index contributed by atoms with van der Waals surface area (Å²) in [4.78, 5) is 12.9. The fourth-order valence-corrected chi connectivity index (χ4v) is 1.89. The van der Waals surface area contributed by atoms with E-state index in [0.29, 0.717) is 12.5 Å². The molecule has 1 aliphatic carbocycles. The Balaban J connectivity index is 2.08. The number of aliphatic hydroxyl groups is 1. The highest BCUT2D eigenvalue weighted by molar-refractivity contribution is 5.75. The number of carbonyl (C=O) groups is 1. The molecule has 0 saturated heterocycles. The van der Waals surface area contributed by atoms with E-state index in [9.17, 15) is 9.90 Å². The maximum absolute atomic E-state index is 11.3. The highest BCUT2D eigenvalue weighted by Gasteiger charge is 2.18. The van der Waals surface area contributed by atoms with Crippen LogP contribution in [0.1, 0.15) is 32.1 Å². The number of carbonyl (C=O) groups excluding carboxylic acids is 1. The molecule has 0 aromatic heterocycles. The molecule has 0 spiro atoms. The van der Waals surface area contributed by atoms with E-state index >= 15 is 0 Å². The van der Waals surface area contributed by atoms with Crippen LogP contribution in [0, 0.1) is 0 Å². The Morgan fingerprint density at radius 1 is 1.33 bits per heavy atom. The van der Waals surface area contributed by atoms with Crippen molar-refractivity contribution in [3.05, 3.63) is 0 Å². The van der Waals surface area contributed by atoms with E-state index in [1.165, 1.54) is 0 Å². The SMILES string of the molecule is CN(C)C(=O)CCNC1CCC(O)CC1. The van der Waals surface area contributed by atoms with E-state index in [4.69, 9.17) is 0 Å². The lowest BCUT2D eigenvalue weighted by Crippen LogP contribution is -2.36. The van der Waals surface area contributed by atoms with Crippen LogP contribution in [0.3, 0.4) is 0 Å². The molecule has 1 rings (SSSR count). The van der Waals surface area contributed by atoms with Crippen molar-refractivity contribution < 1.29 is 9.90 Å². The van der Waals surface area contributed by atoms with Crippen molar-refractivity contribution in [2.24, 2.45) is 0 Å². The summed E-state index contributed by atoms with van der Waals surface area (Å²) in [5, 5.41) is 12.7. The minimum atomic E-state index is -0.105. The van der Waals surface area contributed by atoms with Crippen LogP contribution in [0.25, 0.3) is 0 Å². The van der Waals surface area contributed by atoms with Crippen LogP contribution in [0.15, 0.2) is 0 Å². The first-order chi connectivity index (χ1) is 7.09. The third kappa shape index (κ3) is 4.62.